The van der Waals surface area contributed by atoms with Gasteiger partial charge in [0.25, 0.3) is 5.91 Å². The molecule has 0 aromatic heterocycles. The zero-order chi connectivity index (χ0) is 26.1. The molecular formula is C30H31ClN2O4. The van der Waals surface area contributed by atoms with Gasteiger partial charge in [0.15, 0.2) is 11.6 Å². The van der Waals surface area contributed by atoms with Crippen LogP contribution in [0.15, 0.2) is 96.5 Å². The Morgan fingerprint density at radius 3 is 2.51 bits per heavy atom. The highest BCUT2D eigenvalue weighted by Crippen LogP contribution is 2.42. The Hall–Kier alpha value is -3.61. The number of halogens is 1. The van der Waals surface area contributed by atoms with Gasteiger partial charge in [0.1, 0.15) is 5.75 Å². The fourth-order valence-corrected chi connectivity index (χ4v) is 4.41. The van der Waals surface area contributed by atoms with Crippen LogP contribution in [-0.2, 0) is 16.0 Å². The Kier molecular flexibility index (Phi) is 8.99. The molecule has 0 saturated carbocycles. The summed E-state index contributed by atoms with van der Waals surface area (Å²) in [6.45, 7) is 4.87. The van der Waals surface area contributed by atoms with E-state index in [9.17, 15) is 4.79 Å². The summed E-state index contributed by atoms with van der Waals surface area (Å²) in [5, 5.41) is 12.7. The molecule has 192 valence electrons. The third-order valence-electron chi connectivity index (χ3n) is 6.20. The van der Waals surface area contributed by atoms with Crippen LogP contribution >= 0.6 is 11.6 Å². The van der Waals surface area contributed by atoms with Crippen LogP contribution in [0.5, 0.6) is 5.75 Å². The lowest BCUT2D eigenvalue weighted by Gasteiger charge is -2.29. The van der Waals surface area contributed by atoms with Gasteiger partial charge in [0.2, 0.25) is 5.90 Å². The van der Waals surface area contributed by atoms with Crippen LogP contribution in [0.1, 0.15) is 35.6 Å². The maximum absolute atomic E-state index is 13.8. The maximum Gasteiger partial charge on any atom is 0.252 e. The molecule has 2 N–H and O–H groups in total. The van der Waals surface area contributed by atoms with Crippen molar-refractivity contribution in [3.8, 4) is 5.75 Å². The highest BCUT2D eigenvalue weighted by atomic mass is 35.5. The van der Waals surface area contributed by atoms with Crippen LogP contribution in [0.4, 0.5) is 0 Å². The molecule has 3 aromatic rings. The monoisotopic (exact) mass is 518 g/mol. The van der Waals surface area contributed by atoms with E-state index in [1.807, 2.05) is 78.9 Å². The molecule has 3 aromatic carbocycles. The molecule has 0 fully saturated rings. The third-order valence-corrected chi connectivity index (χ3v) is 6.45. The second-order valence-electron chi connectivity index (χ2n) is 8.82. The van der Waals surface area contributed by atoms with E-state index < -0.39 is 11.6 Å². The first-order valence-corrected chi connectivity index (χ1v) is 12.7. The summed E-state index contributed by atoms with van der Waals surface area (Å²) in [5.74, 6) is 0.868. The summed E-state index contributed by atoms with van der Waals surface area (Å²) in [7, 11) is 0. The summed E-state index contributed by atoms with van der Waals surface area (Å²) < 4.78 is 12.0. The zero-order valence-electron chi connectivity index (χ0n) is 20.6. The van der Waals surface area contributed by atoms with Crippen molar-refractivity contribution in [2.75, 3.05) is 19.8 Å². The van der Waals surface area contributed by atoms with Crippen LogP contribution in [-0.4, -0.2) is 42.2 Å². The number of aliphatic imine (C=N–C) groups is 1. The number of nitrogens with one attached hydrogen (secondary N) is 1. The van der Waals surface area contributed by atoms with Crippen molar-refractivity contribution in [3.05, 3.63) is 113 Å². The van der Waals surface area contributed by atoms with Crippen LogP contribution in [0.2, 0.25) is 5.02 Å². The largest absolute Gasteiger partial charge is 0.494 e. The first-order chi connectivity index (χ1) is 18.1. The van der Waals surface area contributed by atoms with Crippen molar-refractivity contribution < 1.29 is 19.4 Å². The summed E-state index contributed by atoms with van der Waals surface area (Å²) >= 11 is 5.99. The molecule has 0 aliphatic carbocycles. The van der Waals surface area contributed by atoms with Gasteiger partial charge < -0.3 is 19.9 Å². The van der Waals surface area contributed by atoms with E-state index >= 15 is 0 Å². The topological polar surface area (TPSA) is 80.2 Å². The molecule has 0 bridgehead atoms. The predicted octanol–water partition coefficient (Wildman–Crippen LogP) is 5.29. The minimum absolute atomic E-state index is 0.0801. The van der Waals surface area contributed by atoms with Gasteiger partial charge in [-0.15, -0.1) is 6.58 Å². The molecule has 0 radical (unpaired) electrons. The van der Waals surface area contributed by atoms with Crippen LogP contribution < -0.4 is 10.1 Å². The first kappa shape index (κ1) is 26.5. The van der Waals surface area contributed by atoms with E-state index in [-0.39, 0.29) is 12.5 Å². The second-order valence-corrected chi connectivity index (χ2v) is 9.26. The standard InChI is InChI=1S/C30H31ClN2O4/c1-2-18-30(29(35)32-19-17-22-9-13-25(31)14-10-22)27(23-7-4-3-5-8-23)37-28(33-30)24-11-15-26(16-12-24)36-21-6-20-34/h2-5,7-16,27,34H,1,6,17-21H2,(H,32,35)/t27-,30-/m1/s1. The quantitative estimate of drug-likeness (QED) is 0.252. The zero-order valence-corrected chi connectivity index (χ0v) is 21.4. The number of rotatable bonds is 12. The number of benzene rings is 3. The molecule has 2 atom stereocenters. The number of aliphatic hydroxyl groups is 1. The van der Waals surface area contributed by atoms with Crippen molar-refractivity contribution in [3.63, 3.8) is 0 Å². The lowest BCUT2D eigenvalue weighted by Crippen LogP contribution is -2.48. The van der Waals surface area contributed by atoms with Crippen molar-refractivity contribution >= 4 is 23.4 Å². The van der Waals surface area contributed by atoms with Crippen molar-refractivity contribution in [2.24, 2.45) is 4.99 Å². The predicted molar refractivity (Wildman–Crippen MR) is 146 cm³/mol. The Morgan fingerprint density at radius 2 is 1.84 bits per heavy atom. The SMILES string of the molecule is C=CC[C@@]1(C(=O)NCCc2ccc(Cl)cc2)N=C(c2ccc(OCCCO)cc2)O[C@@H]1c1ccccc1. The second kappa shape index (κ2) is 12.6. The van der Waals surface area contributed by atoms with E-state index in [0.29, 0.717) is 49.1 Å². The Morgan fingerprint density at radius 1 is 1.11 bits per heavy atom. The molecule has 6 nitrogen and oxygen atoms in total. The van der Waals surface area contributed by atoms with Crippen molar-refractivity contribution in [2.45, 2.75) is 30.9 Å². The molecule has 4 rings (SSSR count). The van der Waals surface area contributed by atoms with Crippen LogP contribution in [0.25, 0.3) is 0 Å². The number of hydrogen-bond acceptors (Lipinski definition) is 5. The van der Waals surface area contributed by atoms with Gasteiger partial charge >= 0.3 is 0 Å². The summed E-state index contributed by atoms with van der Waals surface area (Å²) in [4.78, 5) is 18.7. The van der Waals surface area contributed by atoms with Gasteiger partial charge in [-0.1, -0.05) is 60.1 Å². The fraction of sp³-hybridized carbons (Fsp3) is 0.267. The molecule has 1 aliphatic heterocycles. The van der Waals surface area contributed by atoms with Crippen molar-refractivity contribution in [1.82, 2.24) is 5.32 Å². The highest BCUT2D eigenvalue weighted by Gasteiger charge is 2.52. The van der Waals surface area contributed by atoms with Gasteiger partial charge in [0.05, 0.1) is 6.61 Å². The number of aliphatic hydroxyl groups excluding tert-OH is 1. The molecule has 1 heterocycles. The van der Waals surface area contributed by atoms with E-state index in [1.54, 1.807) is 6.08 Å². The summed E-state index contributed by atoms with van der Waals surface area (Å²) in [6, 6.07) is 24.6. The molecule has 7 heteroatoms. The van der Waals surface area contributed by atoms with E-state index in [0.717, 1.165) is 16.7 Å². The van der Waals surface area contributed by atoms with Gasteiger partial charge in [-0.05, 0) is 53.9 Å². The average Bonchev–Trinajstić information content (AvgIpc) is 3.32. The Balaban J connectivity index is 1.59. The maximum atomic E-state index is 13.8. The minimum atomic E-state index is -1.20. The number of nitrogens with zero attached hydrogens (tertiary/aromatic N) is 1. The molecule has 0 saturated heterocycles. The summed E-state index contributed by atoms with van der Waals surface area (Å²) in [6.07, 6.45) is 2.64. The Bertz CT molecular complexity index is 1210. The highest BCUT2D eigenvalue weighted by molar-refractivity contribution is 6.30. The van der Waals surface area contributed by atoms with E-state index in [2.05, 4.69) is 11.9 Å². The van der Waals surface area contributed by atoms with Gasteiger partial charge in [-0.25, -0.2) is 4.99 Å². The number of carbonyl (C=O) groups is 1. The number of carbonyl (C=O) groups excluding carboxylic acids is 1. The smallest absolute Gasteiger partial charge is 0.252 e. The minimum Gasteiger partial charge on any atom is -0.494 e. The molecular weight excluding hydrogens is 488 g/mol. The number of ether oxygens (including phenoxy) is 2. The van der Waals surface area contributed by atoms with Crippen LogP contribution in [0.3, 0.4) is 0 Å². The summed E-state index contributed by atoms with van der Waals surface area (Å²) in [5.41, 5.74) is 1.49. The first-order valence-electron chi connectivity index (χ1n) is 12.3. The molecule has 37 heavy (non-hydrogen) atoms. The average molecular weight is 519 g/mol. The third kappa shape index (κ3) is 6.40. The molecule has 0 spiro atoms. The lowest BCUT2D eigenvalue weighted by molar-refractivity contribution is -0.128. The molecule has 1 aliphatic rings. The Labute approximate surface area is 222 Å². The van der Waals surface area contributed by atoms with Crippen LogP contribution in [0, 0.1) is 0 Å². The van der Waals surface area contributed by atoms with Crippen molar-refractivity contribution in [1.29, 1.82) is 0 Å². The van der Waals surface area contributed by atoms with Gasteiger partial charge in [0, 0.05) is 36.6 Å². The molecule has 1 amide bonds. The normalized spacial score (nSPS) is 18.5. The van der Waals surface area contributed by atoms with Gasteiger partial charge in [-0.3, -0.25) is 4.79 Å². The van der Waals surface area contributed by atoms with Gasteiger partial charge in [-0.2, -0.15) is 0 Å². The fourth-order valence-electron chi connectivity index (χ4n) is 4.29. The number of amides is 1. The number of hydrogen-bond donors (Lipinski definition) is 2. The van der Waals surface area contributed by atoms with E-state index in [1.165, 1.54) is 0 Å². The lowest BCUT2D eigenvalue weighted by atomic mass is 9.84. The van der Waals surface area contributed by atoms with E-state index in [4.69, 9.17) is 31.2 Å². The molecule has 0 unspecified atom stereocenters.